The number of fused-ring (bicyclic) bond motifs is 5. The van der Waals surface area contributed by atoms with Crippen molar-refractivity contribution >= 4 is 10.0 Å². The Hall–Kier alpha value is -0.980. The van der Waals surface area contributed by atoms with Gasteiger partial charge in [-0.15, -0.1) is 0 Å². The first-order chi connectivity index (χ1) is 10.0. The minimum Gasteiger partial charge on any atom is -0.326 e. The van der Waals surface area contributed by atoms with Gasteiger partial charge in [0.15, 0.2) is 0 Å². The van der Waals surface area contributed by atoms with E-state index in [9.17, 15) is 12.8 Å². The van der Waals surface area contributed by atoms with Crippen LogP contribution in [-0.2, 0) is 16.6 Å². The first kappa shape index (κ1) is 13.7. The van der Waals surface area contributed by atoms with E-state index < -0.39 is 15.8 Å². The molecule has 3 fully saturated rings. The molecule has 4 nitrogen and oxygen atoms in total. The Bertz CT molecular complexity index is 675. The van der Waals surface area contributed by atoms with E-state index in [4.69, 9.17) is 5.73 Å². The topological polar surface area (TPSA) is 72.2 Å². The average Bonchev–Trinajstić information content (AvgIpc) is 2.85. The molecule has 6 heteroatoms. The van der Waals surface area contributed by atoms with Crippen molar-refractivity contribution < 1.29 is 12.8 Å². The van der Waals surface area contributed by atoms with Gasteiger partial charge in [0.2, 0.25) is 10.0 Å². The van der Waals surface area contributed by atoms with Crippen LogP contribution in [0.15, 0.2) is 23.1 Å². The molecule has 3 aliphatic carbocycles. The summed E-state index contributed by atoms with van der Waals surface area (Å²) in [5, 5.41) is 0. The Morgan fingerprint density at radius 3 is 2.52 bits per heavy atom. The molecule has 4 unspecified atom stereocenters. The molecular formula is C15H19FN2O2S. The maximum atomic E-state index is 13.7. The van der Waals surface area contributed by atoms with Gasteiger partial charge in [-0.05, 0) is 55.1 Å². The molecule has 0 amide bonds. The van der Waals surface area contributed by atoms with E-state index in [1.807, 2.05) is 0 Å². The van der Waals surface area contributed by atoms with Crippen LogP contribution in [-0.4, -0.2) is 14.5 Å². The van der Waals surface area contributed by atoms with Crippen LogP contribution in [0.1, 0.15) is 24.8 Å². The predicted molar refractivity (Wildman–Crippen MR) is 76.2 cm³/mol. The van der Waals surface area contributed by atoms with Crippen molar-refractivity contribution in [3.05, 3.63) is 29.6 Å². The molecule has 1 aromatic rings. The zero-order valence-corrected chi connectivity index (χ0v) is 12.4. The standard InChI is InChI=1S/C15H19FN2O2S/c16-11-2-1-3-12(10(11)7-17)21(19,20)18-15-13-8-4-5-9(6-8)14(13)15/h1-3,8-9,13-15,18H,4-7,17H2. The van der Waals surface area contributed by atoms with Crippen LogP contribution in [0, 0.1) is 29.5 Å². The molecule has 0 aliphatic heterocycles. The molecule has 0 radical (unpaired) electrons. The molecule has 21 heavy (non-hydrogen) atoms. The number of nitrogens with two attached hydrogens (primary N) is 1. The van der Waals surface area contributed by atoms with E-state index >= 15 is 0 Å². The van der Waals surface area contributed by atoms with Gasteiger partial charge >= 0.3 is 0 Å². The summed E-state index contributed by atoms with van der Waals surface area (Å²) in [7, 11) is -3.69. The Morgan fingerprint density at radius 1 is 1.24 bits per heavy atom. The lowest BCUT2D eigenvalue weighted by Gasteiger charge is -2.13. The molecule has 3 N–H and O–H groups in total. The highest BCUT2D eigenvalue weighted by Crippen LogP contribution is 2.65. The maximum Gasteiger partial charge on any atom is 0.241 e. The van der Waals surface area contributed by atoms with Gasteiger partial charge < -0.3 is 5.73 Å². The molecule has 0 saturated heterocycles. The molecule has 0 spiro atoms. The number of halogens is 1. The van der Waals surface area contributed by atoms with Crippen LogP contribution in [0.25, 0.3) is 0 Å². The van der Waals surface area contributed by atoms with Crippen LogP contribution in [0.4, 0.5) is 4.39 Å². The van der Waals surface area contributed by atoms with Gasteiger partial charge in [-0.1, -0.05) is 6.07 Å². The molecular weight excluding hydrogens is 291 g/mol. The molecule has 2 bridgehead atoms. The average molecular weight is 310 g/mol. The zero-order valence-electron chi connectivity index (χ0n) is 11.6. The van der Waals surface area contributed by atoms with Crippen LogP contribution < -0.4 is 10.5 Å². The number of hydrogen-bond acceptors (Lipinski definition) is 3. The van der Waals surface area contributed by atoms with Gasteiger partial charge in [0.05, 0.1) is 4.90 Å². The zero-order chi connectivity index (χ0) is 14.8. The molecule has 3 saturated carbocycles. The van der Waals surface area contributed by atoms with Gasteiger partial charge in [0.1, 0.15) is 5.82 Å². The number of benzene rings is 1. The second-order valence-electron chi connectivity index (χ2n) is 6.56. The van der Waals surface area contributed by atoms with Gasteiger partial charge in [0.25, 0.3) is 0 Å². The fourth-order valence-corrected chi connectivity index (χ4v) is 6.28. The van der Waals surface area contributed by atoms with Crippen molar-refractivity contribution in [3.8, 4) is 0 Å². The minimum absolute atomic E-state index is 0.0117. The summed E-state index contributed by atoms with van der Waals surface area (Å²) in [4.78, 5) is -0.0117. The molecule has 0 aromatic heterocycles. The minimum atomic E-state index is -3.69. The Kier molecular flexibility index (Phi) is 2.93. The van der Waals surface area contributed by atoms with Crippen molar-refractivity contribution in [2.45, 2.75) is 36.7 Å². The highest BCUT2D eigenvalue weighted by atomic mass is 32.2. The first-order valence-corrected chi connectivity index (χ1v) is 9.01. The van der Waals surface area contributed by atoms with Crippen LogP contribution in [0.5, 0.6) is 0 Å². The molecule has 3 aliphatic rings. The monoisotopic (exact) mass is 310 g/mol. The number of rotatable bonds is 4. The number of sulfonamides is 1. The number of hydrogen-bond donors (Lipinski definition) is 2. The molecule has 114 valence electrons. The molecule has 0 heterocycles. The summed E-state index contributed by atoms with van der Waals surface area (Å²) < 4.78 is 41.6. The summed E-state index contributed by atoms with van der Waals surface area (Å²) in [5.41, 5.74) is 5.58. The summed E-state index contributed by atoms with van der Waals surface area (Å²) in [6, 6.07) is 4.14. The Labute approximate surface area is 124 Å². The SMILES string of the molecule is NCc1c(F)cccc1S(=O)(=O)NC1C2C3CCC(C3)C12. The van der Waals surface area contributed by atoms with Crippen molar-refractivity contribution in [3.63, 3.8) is 0 Å². The van der Waals surface area contributed by atoms with E-state index in [1.54, 1.807) is 0 Å². The van der Waals surface area contributed by atoms with E-state index in [0.29, 0.717) is 23.7 Å². The Balaban J connectivity index is 1.60. The smallest absolute Gasteiger partial charge is 0.241 e. The normalized spacial score (nSPS) is 36.8. The third kappa shape index (κ3) is 1.96. The summed E-state index contributed by atoms with van der Waals surface area (Å²) in [6.07, 6.45) is 3.73. The first-order valence-electron chi connectivity index (χ1n) is 7.52. The van der Waals surface area contributed by atoms with E-state index in [2.05, 4.69) is 4.72 Å². The molecule has 1 aromatic carbocycles. The maximum absolute atomic E-state index is 13.7. The van der Waals surface area contributed by atoms with Crippen molar-refractivity contribution in [2.75, 3.05) is 0 Å². The van der Waals surface area contributed by atoms with Gasteiger partial charge in [-0.2, -0.15) is 0 Å². The van der Waals surface area contributed by atoms with E-state index in [-0.39, 0.29) is 23.0 Å². The van der Waals surface area contributed by atoms with Crippen molar-refractivity contribution in [2.24, 2.45) is 29.4 Å². The van der Waals surface area contributed by atoms with Crippen molar-refractivity contribution in [1.29, 1.82) is 0 Å². The predicted octanol–water partition coefficient (Wildman–Crippen LogP) is 1.61. The van der Waals surface area contributed by atoms with Crippen molar-refractivity contribution in [1.82, 2.24) is 4.72 Å². The van der Waals surface area contributed by atoms with Crippen LogP contribution >= 0.6 is 0 Å². The largest absolute Gasteiger partial charge is 0.326 e. The van der Waals surface area contributed by atoms with E-state index in [1.165, 1.54) is 37.5 Å². The van der Waals surface area contributed by atoms with E-state index in [0.717, 1.165) is 0 Å². The van der Waals surface area contributed by atoms with Gasteiger partial charge in [0, 0.05) is 18.2 Å². The summed E-state index contributed by atoms with van der Waals surface area (Å²) in [6.45, 7) is -0.119. The molecule has 4 rings (SSSR count). The third-order valence-corrected chi connectivity index (χ3v) is 7.14. The highest BCUT2D eigenvalue weighted by Gasteiger charge is 2.65. The summed E-state index contributed by atoms with van der Waals surface area (Å²) in [5.74, 6) is 1.83. The number of nitrogens with one attached hydrogen (secondary N) is 1. The van der Waals surface area contributed by atoms with Crippen LogP contribution in [0.3, 0.4) is 0 Å². The Morgan fingerprint density at radius 2 is 1.90 bits per heavy atom. The quantitative estimate of drug-likeness (QED) is 0.887. The highest BCUT2D eigenvalue weighted by molar-refractivity contribution is 7.89. The second-order valence-corrected chi connectivity index (χ2v) is 8.24. The lowest BCUT2D eigenvalue weighted by Crippen LogP contribution is -2.31. The van der Waals surface area contributed by atoms with Gasteiger partial charge in [-0.25, -0.2) is 17.5 Å². The fraction of sp³-hybridized carbons (Fsp3) is 0.600. The fourth-order valence-electron chi connectivity index (χ4n) is 4.71. The second kappa shape index (κ2) is 4.51. The molecule has 4 atom stereocenters. The third-order valence-electron chi connectivity index (χ3n) is 5.60. The van der Waals surface area contributed by atoms with Crippen LogP contribution in [0.2, 0.25) is 0 Å². The lowest BCUT2D eigenvalue weighted by molar-refractivity contribution is 0.456. The lowest BCUT2D eigenvalue weighted by atomic mass is 10.0. The van der Waals surface area contributed by atoms with Gasteiger partial charge in [-0.3, -0.25) is 0 Å². The summed E-state index contributed by atoms with van der Waals surface area (Å²) >= 11 is 0.